The SMILES string of the molecule is Cc1cc(NCC2CN(C)CCN2C)nc(C)n1. The fourth-order valence-electron chi connectivity index (χ4n) is 2.35. The highest BCUT2D eigenvalue weighted by Gasteiger charge is 2.21. The standard InChI is InChI=1S/C13H23N5/c1-10-7-13(16-11(2)15-10)14-8-12-9-17(3)5-6-18(12)4/h7,12H,5-6,8-9H2,1-4H3,(H,14,15,16). The highest BCUT2D eigenvalue weighted by Crippen LogP contribution is 2.09. The van der Waals surface area contributed by atoms with Gasteiger partial charge in [0.1, 0.15) is 11.6 Å². The Balaban J connectivity index is 1.94. The van der Waals surface area contributed by atoms with Crippen LogP contribution in [0, 0.1) is 13.8 Å². The molecule has 1 atom stereocenters. The smallest absolute Gasteiger partial charge is 0.129 e. The quantitative estimate of drug-likeness (QED) is 0.856. The summed E-state index contributed by atoms with van der Waals surface area (Å²) in [7, 11) is 4.37. The second kappa shape index (κ2) is 5.63. The zero-order valence-electron chi connectivity index (χ0n) is 11.8. The van der Waals surface area contributed by atoms with Crippen molar-refractivity contribution >= 4 is 5.82 Å². The lowest BCUT2D eigenvalue weighted by Gasteiger charge is -2.37. The van der Waals surface area contributed by atoms with E-state index < -0.39 is 0 Å². The largest absolute Gasteiger partial charge is 0.368 e. The summed E-state index contributed by atoms with van der Waals surface area (Å²) in [5, 5.41) is 3.43. The van der Waals surface area contributed by atoms with E-state index >= 15 is 0 Å². The average molecular weight is 249 g/mol. The number of aromatic nitrogens is 2. The van der Waals surface area contributed by atoms with Gasteiger partial charge in [-0.2, -0.15) is 0 Å². The fraction of sp³-hybridized carbons (Fsp3) is 0.692. The molecule has 1 unspecified atom stereocenters. The highest BCUT2D eigenvalue weighted by molar-refractivity contribution is 5.35. The lowest BCUT2D eigenvalue weighted by molar-refractivity contribution is 0.122. The molecule has 0 bridgehead atoms. The Bertz CT molecular complexity index is 386. The maximum absolute atomic E-state index is 4.41. The first-order valence-corrected chi connectivity index (χ1v) is 6.49. The van der Waals surface area contributed by atoms with E-state index in [0.717, 1.165) is 43.5 Å². The minimum Gasteiger partial charge on any atom is -0.368 e. The summed E-state index contributed by atoms with van der Waals surface area (Å²) in [6.45, 7) is 8.24. The minimum absolute atomic E-state index is 0.541. The number of rotatable bonds is 3. The van der Waals surface area contributed by atoms with Gasteiger partial charge in [-0.15, -0.1) is 0 Å². The molecule has 1 aliphatic rings. The van der Waals surface area contributed by atoms with E-state index in [1.54, 1.807) is 0 Å². The molecule has 5 heteroatoms. The van der Waals surface area contributed by atoms with E-state index in [2.05, 4.69) is 39.2 Å². The average Bonchev–Trinajstić information content (AvgIpc) is 2.29. The molecular formula is C13H23N5. The van der Waals surface area contributed by atoms with Gasteiger partial charge in [-0.1, -0.05) is 0 Å². The molecule has 1 aromatic rings. The third-order valence-corrected chi connectivity index (χ3v) is 3.47. The van der Waals surface area contributed by atoms with Crippen LogP contribution < -0.4 is 5.32 Å². The van der Waals surface area contributed by atoms with Crippen LogP contribution in [-0.2, 0) is 0 Å². The van der Waals surface area contributed by atoms with E-state index in [-0.39, 0.29) is 0 Å². The summed E-state index contributed by atoms with van der Waals surface area (Å²) in [6, 6.07) is 2.54. The number of nitrogens with zero attached hydrogens (tertiary/aromatic N) is 4. The van der Waals surface area contributed by atoms with E-state index in [0.29, 0.717) is 6.04 Å². The maximum atomic E-state index is 4.41. The van der Waals surface area contributed by atoms with Gasteiger partial charge in [0, 0.05) is 44.0 Å². The van der Waals surface area contributed by atoms with Crippen molar-refractivity contribution in [1.29, 1.82) is 0 Å². The number of piperazine rings is 1. The van der Waals surface area contributed by atoms with Crippen LogP contribution in [0.15, 0.2) is 6.07 Å². The number of hydrogen-bond acceptors (Lipinski definition) is 5. The molecule has 18 heavy (non-hydrogen) atoms. The Morgan fingerprint density at radius 1 is 1.28 bits per heavy atom. The number of likely N-dealkylation sites (N-methyl/N-ethyl adjacent to an activating group) is 2. The first-order chi connectivity index (χ1) is 8.54. The monoisotopic (exact) mass is 249 g/mol. The predicted octanol–water partition coefficient (Wildman–Crippen LogP) is 0.751. The third kappa shape index (κ3) is 3.40. The molecule has 1 fully saturated rings. The molecule has 2 rings (SSSR count). The summed E-state index contributed by atoms with van der Waals surface area (Å²) < 4.78 is 0. The summed E-state index contributed by atoms with van der Waals surface area (Å²) in [4.78, 5) is 13.5. The minimum atomic E-state index is 0.541. The molecule has 0 radical (unpaired) electrons. The Labute approximate surface area is 109 Å². The summed E-state index contributed by atoms with van der Waals surface area (Å²) >= 11 is 0. The van der Waals surface area contributed by atoms with E-state index in [1.165, 1.54) is 0 Å². The van der Waals surface area contributed by atoms with Gasteiger partial charge >= 0.3 is 0 Å². The fourth-order valence-corrected chi connectivity index (χ4v) is 2.35. The van der Waals surface area contributed by atoms with Gasteiger partial charge in [-0.3, -0.25) is 4.90 Å². The number of nitrogens with one attached hydrogen (secondary N) is 1. The van der Waals surface area contributed by atoms with Crippen LogP contribution in [0.3, 0.4) is 0 Å². The van der Waals surface area contributed by atoms with Gasteiger partial charge in [-0.05, 0) is 27.9 Å². The molecule has 5 nitrogen and oxygen atoms in total. The van der Waals surface area contributed by atoms with Crippen molar-refractivity contribution in [3.63, 3.8) is 0 Å². The van der Waals surface area contributed by atoms with Crippen molar-refractivity contribution in [1.82, 2.24) is 19.8 Å². The molecule has 2 heterocycles. The molecule has 1 saturated heterocycles. The second-order valence-electron chi connectivity index (χ2n) is 5.22. The summed E-state index contributed by atoms with van der Waals surface area (Å²) in [6.07, 6.45) is 0. The predicted molar refractivity (Wildman–Crippen MR) is 73.9 cm³/mol. The van der Waals surface area contributed by atoms with Crippen LogP contribution in [0.4, 0.5) is 5.82 Å². The van der Waals surface area contributed by atoms with Crippen LogP contribution in [0.1, 0.15) is 11.5 Å². The van der Waals surface area contributed by atoms with Gasteiger partial charge in [-0.25, -0.2) is 9.97 Å². The Kier molecular flexibility index (Phi) is 4.14. The molecule has 1 aromatic heterocycles. The van der Waals surface area contributed by atoms with Crippen molar-refractivity contribution in [2.45, 2.75) is 19.9 Å². The number of anilines is 1. The van der Waals surface area contributed by atoms with Crippen molar-refractivity contribution < 1.29 is 0 Å². The molecule has 0 amide bonds. The summed E-state index contributed by atoms with van der Waals surface area (Å²) in [5.41, 5.74) is 1.01. The van der Waals surface area contributed by atoms with Crippen LogP contribution in [0.5, 0.6) is 0 Å². The van der Waals surface area contributed by atoms with E-state index in [1.807, 2.05) is 19.9 Å². The first-order valence-electron chi connectivity index (χ1n) is 6.49. The third-order valence-electron chi connectivity index (χ3n) is 3.47. The number of aryl methyl sites for hydroxylation is 2. The maximum Gasteiger partial charge on any atom is 0.129 e. The molecule has 0 aliphatic carbocycles. The Morgan fingerprint density at radius 3 is 2.78 bits per heavy atom. The topological polar surface area (TPSA) is 44.3 Å². The van der Waals surface area contributed by atoms with E-state index in [4.69, 9.17) is 0 Å². The molecule has 0 saturated carbocycles. The van der Waals surface area contributed by atoms with Gasteiger partial charge in [0.15, 0.2) is 0 Å². The van der Waals surface area contributed by atoms with Crippen LogP contribution >= 0.6 is 0 Å². The van der Waals surface area contributed by atoms with Crippen LogP contribution in [0.25, 0.3) is 0 Å². The normalized spacial score (nSPS) is 22.1. The van der Waals surface area contributed by atoms with Crippen molar-refractivity contribution in [2.75, 3.05) is 45.6 Å². The Hall–Kier alpha value is -1.20. The number of hydrogen-bond donors (Lipinski definition) is 1. The summed E-state index contributed by atoms with van der Waals surface area (Å²) in [5.74, 6) is 1.76. The Morgan fingerprint density at radius 2 is 2.06 bits per heavy atom. The highest BCUT2D eigenvalue weighted by atomic mass is 15.3. The molecule has 0 aromatic carbocycles. The van der Waals surface area contributed by atoms with Gasteiger partial charge in [0.2, 0.25) is 0 Å². The van der Waals surface area contributed by atoms with Gasteiger partial charge in [0.05, 0.1) is 0 Å². The molecule has 1 aliphatic heterocycles. The van der Waals surface area contributed by atoms with Crippen molar-refractivity contribution in [3.8, 4) is 0 Å². The molecule has 100 valence electrons. The zero-order chi connectivity index (χ0) is 13.1. The second-order valence-corrected chi connectivity index (χ2v) is 5.22. The molecule has 1 N–H and O–H groups in total. The van der Waals surface area contributed by atoms with E-state index in [9.17, 15) is 0 Å². The zero-order valence-corrected chi connectivity index (χ0v) is 11.8. The molecule has 0 spiro atoms. The lowest BCUT2D eigenvalue weighted by atomic mass is 10.2. The lowest BCUT2D eigenvalue weighted by Crippen LogP contribution is -2.52. The molecular weight excluding hydrogens is 226 g/mol. The van der Waals surface area contributed by atoms with Crippen molar-refractivity contribution in [3.05, 3.63) is 17.6 Å². The van der Waals surface area contributed by atoms with Gasteiger partial charge < -0.3 is 10.2 Å². The van der Waals surface area contributed by atoms with Crippen LogP contribution in [0.2, 0.25) is 0 Å². The van der Waals surface area contributed by atoms with Crippen LogP contribution in [-0.4, -0.2) is 66.1 Å². The van der Waals surface area contributed by atoms with Gasteiger partial charge in [0.25, 0.3) is 0 Å². The first kappa shape index (κ1) is 13.2. The van der Waals surface area contributed by atoms with Crippen molar-refractivity contribution in [2.24, 2.45) is 0 Å².